The fraction of sp³-hybridized carbons (Fsp3) is 0.714. The van der Waals surface area contributed by atoms with Gasteiger partial charge in [0.15, 0.2) is 0 Å². The number of rotatable bonds is 2. The largest absolute Gasteiger partial charge is 0.359 e. The normalized spacial score (nSPS) is 10.2. The highest BCUT2D eigenvalue weighted by molar-refractivity contribution is 5.76. The van der Waals surface area contributed by atoms with Gasteiger partial charge < -0.3 is 5.32 Å². The minimum Gasteiger partial charge on any atom is -0.359 e. The Morgan fingerprint density at radius 1 is 1.70 bits per heavy atom. The van der Waals surface area contributed by atoms with Crippen molar-refractivity contribution in [3.63, 3.8) is 0 Å². The first kappa shape index (κ1) is 8.96. The van der Waals surface area contributed by atoms with Crippen LogP contribution in [0.3, 0.4) is 0 Å². The summed E-state index contributed by atoms with van der Waals surface area (Å²) >= 11 is 0. The second-order valence-corrected chi connectivity index (χ2v) is 2.85. The molecule has 0 bridgehead atoms. The molecule has 0 aromatic heterocycles. The average molecular weight is 140 g/mol. The van der Waals surface area contributed by atoms with Crippen molar-refractivity contribution < 1.29 is 4.79 Å². The zero-order valence-electron chi connectivity index (χ0n) is 6.56. The lowest BCUT2D eigenvalue weighted by Gasteiger charge is -2.12. The van der Waals surface area contributed by atoms with E-state index in [2.05, 4.69) is 5.32 Å². The zero-order valence-corrected chi connectivity index (χ0v) is 6.56. The van der Waals surface area contributed by atoms with Gasteiger partial charge in [0, 0.05) is 13.5 Å². The Morgan fingerprint density at radius 3 is 2.50 bits per heavy atom. The maximum Gasteiger partial charge on any atom is 0.221 e. The summed E-state index contributed by atoms with van der Waals surface area (Å²) in [5, 5.41) is 11.0. The first-order chi connectivity index (χ1) is 4.52. The van der Waals surface area contributed by atoms with E-state index >= 15 is 0 Å². The van der Waals surface area contributed by atoms with Crippen molar-refractivity contribution in [1.82, 2.24) is 5.32 Å². The van der Waals surface area contributed by atoms with Crippen molar-refractivity contribution in [3.05, 3.63) is 0 Å². The second kappa shape index (κ2) is 3.21. The molecule has 0 saturated carbocycles. The molecule has 56 valence electrons. The Hall–Kier alpha value is -1.04. The molecule has 0 spiro atoms. The van der Waals surface area contributed by atoms with Crippen molar-refractivity contribution in [1.29, 1.82) is 5.26 Å². The fourth-order valence-electron chi connectivity index (χ4n) is 0.529. The van der Waals surface area contributed by atoms with Crippen molar-refractivity contribution >= 4 is 5.91 Å². The van der Waals surface area contributed by atoms with Crippen LogP contribution in [0.4, 0.5) is 0 Å². The summed E-state index contributed by atoms with van der Waals surface area (Å²) in [4.78, 5) is 10.7. The predicted molar refractivity (Wildman–Crippen MR) is 38.1 cm³/mol. The Bertz CT molecular complexity index is 167. The average Bonchev–Trinajstić information content (AvgIpc) is 1.87. The van der Waals surface area contributed by atoms with Gasteiger partial charge in [0.05, 0.1) is 11.5 Å². The number of nitriles is 1. The quantitative estimate of drug-likeness (QED) is 0.613. The molecule has 0 aromatic carbocycles. The van der Waals surface area contributed by atoms with E-state index in [4.69, 9.17) is 5.26 Å². The highest BCUT2D eigenvalue weighted by Crippen LogP contribution is 2.17. The third-order valence-electron chi connectivity index (χ3n) is 1.18. The molecule has 0 heterocycles. The summed E-state index contributed by atoms with van der Waals surface area (Å²) in [6.07, 6.45) is 0.264. The van der Waals surface area contributed by atoms with Gasteiger partial charge in [-0.15, -0.1) is 0 Å². The van der Waals surface area contributed by atoms with Gasteiger partial charge in [0.2, 0.25) is 5.91 Å². The molecule has 0 saturated heterocycles. The molecule has 0 aliphatic heterocycles. The van der Waals surface area contributed by atoms with Gasteiger partial charge in [-0.3, -0.25) is 4.79 Å². The summed E-state index contributed by atoms with van der Waals surface area (Å²) < 4.78 is 0. The van der Waals surface area contributed by atoms with Gasteiger partial charge >= 0.3 is 0 Å². The summed E-state index contributed by atoms with van der Waals surface area (Å²) in [6, 6.07) is 2.05. The van der Waals surface area contributed by atoms with E-state index < -0.39 is 5.41 Å². The molecular weight excluding hydrogens is 128 g/mol. The van der Waals surface area contributed by atoms with Crippen LogP contribution in [0.25, 0.3) is 0 Å². The molecule has 0 atom stereocenters. The van der Waals surface area contributed by atoms with Crippen LogP contribution in [0.1, 0.15) is 20.3 Å². The smallest absolute Gasteiger partial charge is 0.221 e. The van der Waals surface area contributed by atoms with Crippen molar-refractivity contribution in [2.45, 2.75) is 20.3 Å². The highest BCUT2D eigenvalue weighted by atomic mass is 16.1. The molecule has 1 N–H and O–H groups in total. The van der Waals surface area contributed by atoms with E-state index in [1.54, 1.807) is 20.9 Å². The van der Waals surface area contributed by atoms with E-state index in [-0.39, 0.29) is 12.3 Å². The number of nitrogens with zero attached hydrogens (tertiary/aromatic N) is 1. The van der Waals surface area contributed by atoms with Crippen LogP contribution >= 0.6 is 0 Å². The van der Waals surface area contributed by atoms with Crippen LogP contribution in [0, 0.1) is 16.7 Å². The van der Waals surface area contributed by atoms with Gasteiger partial charge in [0.1, 0.15) is 0 Å². The van der Waals surface area contributed by atoms with Gasteiger partial charge in [0.25, 0.3) is 0 Å². The van der Waals surface area contributed by atoms with Crippen LogP contribution in [0.2, 0.25) is 0 Å². The predicted octanol–water partition coefficient (Wildman–Crippen LogP) is 0.672. The molecule has 0 fully saturated rings. The molecule has 1 amide bonds. The maximum atomic E-state index is 10.7. The standard InChI is InChI=1S/C7H12N2O/c1-7(2,5-8)4-6(10)9-3/h4H2,1-3H3,(H,9,10). The minimum absolute atomic E-state index is 0.0912. The van der Waals surface area contributed by atoms with Gasteiger partial charge in [-0.05, 0) is 13.8 Å². The van der Waals surface area contributed by atoms with Crippen LogP contribution < -0.4 is 5.32 Å². The van der Waals surface area contributed by atoms with E-state index in [9.17, 15) is 4.79 Å². The summed E-state index contributed by atoms with van der Waals surface area (Å²) in [5.41, 5.74) is -0.542. The number of hydrogen-bond donors (Lipinski definition) is 1. The second-order valence-electron chi connectivity index (χ2n) is 2.85. The number of carbonyl (C=O) groups is 1. The SMILES string of the molecule is CNC(=O)CC(C)(C)C#N. The zero-order chi connectivity index (χ0) is 8.20. The van der Waals surface area contributed by atoms with Crippen LogP contribution in [0.15, 0.2) is 0 Å². The first-order valence-corrected chi connectivity index (χ1v) is 3.13. The summed E-state index contributed by atoms with van der Waals surface area (Å²) in [5.74, 6) is -0.0912. The molecular formula is C7H12N2O. The monoisotopic (exact) mass is 140 g/mol. The number of amides is 1. The van der Waals surface area contributed by atoms with Crippen LogP contribution in [-0.2, 0) is 4.79 Å². The Labute approximate surface area is 61.0 Å². The van der Waals surface area contributed by atoms with E-state index in [0.717, 1.165) is 0 Å². The molecule has 0 aliphatic rings. The lowest BCUT2D eigenvalue weighted by molar-refractivity contribution is -0.121. The van der Waals surface area contributed by atoms with Crippen molar-refractivity contribution in [2.75, 3.05) is 7.05 Å². The lowest BCUT2D eigenvalue weighted by Crippen LogP contribution is -2.24. The molecule has 0 unspecified atom stereocenters. The van der Waals surface area contributed by atoms with E-state index in [0.29, 0.717) is 0 Å². The van der Waals surface area contributed by atoms with Crippen molar-refractivity contribution in [3.8, 4) is 6.07 Å². The Kier molecular flexibility index (Phi) is 2.88. The number of nitrogens with one attached hydrogen (secondary N) is 1. The van der Waals surface area contributed by atoms with Crippen LogP contribution in [-0.4, -0.2) is 13.0 Å². The van der Waals surface area contributed by atoms with Crippen molar-refractivity contribution in [2.24, 2.45) is 5.41 Å². The molecule has 0 rings (SSSR count). The molecule has 0 radical (unpaired) electrons. The Morgan fingerprint density at radius 2 is 2.20 bits per heavy atom. The number of hydrogen-bond acceptors (Lipinski definition) is 2. The fourth-order valence-corrected chi connectivity index (χ4v) is 0.529. The van der Waals surface area contributed by atoms with Gasteiger partial charge in [-0.1, -0.05) is 0 Å². The van der Waals surface area contributed by atoms with E-state index in [1.807, 2.05) is 6.07 Å². The molecule has 3 heteroatoms. The van der Waals surface area contributed by atoms with Crippen LogP contribution in [0.5, 0.6) is 0 Å². The third kappa shape index (κ3) is 3.08. The highest BCUT2D eigenvalue weighted by Gasteiger charge is 2.19. The van der Waals surface area contributed by atoms with Gasteiger partial charge in [-0.25, -0.2) is 0 Å². The Balaban J connectivity index is 3.92. The topological polar surface area (TPSA) is 52.9 Å². The lowest BCUT2D eigenvalue weighted by atomic mass is 9.91. The maximum absolute atomic E-state index is 10.7. The third-order valence-corrected chi connectivity index (χ3v) is 1.18. The summed E-state index contributed by atoms with van der Waals surface area (Å²) in [7, 11) is 1.57. The van der Waals surface area contributed by atoms with Gasteiger partial charge in [-0.2, -0.15) is 5.26 Å². The molecule has 10 heavy (non-hydrogen) atoms. The first-order valence-electron chi connectivity index (χ1n) is 3.13. The number of carbonyl (C=O) groups excluding carboxylic acids is 1. The minimum atomic E-state index is -0.542. The molecule has 0 aliphatic carbocycles. The van der Waals surface area contributed by atoms with E-state index in [1.165, 1.54) is 0 Å². The summed E-state index contributed by atoms with van der Waals surface area (Å²) in [6.45, 7) is 3.48. The molecule has 3 nitrogen and oxygen atoms in total. The molecule has 0 aromatic rings.